The Morgan fingerprint density at radius 1 is 1.20 bits per heavy atom. The van der Waals surface area contributed by atoms with Gasteiger partial charge in [-0.2, -0.15) is 22.0 Å². The van der Waals surface area contributed by atoms with Crippen molar-refractivity contribution < 1.29 is 22.0 Å². The first-order valence-corrected chi connectivity index (χ1v) is 3.28. The quantitative estimate of drug-likeness (QED) is 0.556. The third-order valence-corrected chi connectivity index (χ3v) is 1.14. The van der Waals surface area contributed by atoms with Gasteiger partial charge in [0.1, 0.15) is 0 Å². The minimum absolute atomic E-state index is 0.0777. The van der Waals surface area contributed by atoms with Crippen LogP contribution >= 0.6 is 11.8 Å². The van der Waals surface area contributed by atoms with Gasteiger partial charge >= 0.3 is 6.18 Å². The molecule has 0 atom stereocenters. The molecule has 0 aliphatic heterocycles. The first kappa shape index (κ1) is 9.74. The van der Waals surface area contributed by atoms with Crippen LogP contribution in [-0.4, -0.2) is 12.4 Å². The summed E-state index contributed by atoms with van der Waals surface area (Å²) < 4.78 is 57.0. The summed E-state index contributed by atoms with van der Waals surface area (Å²) in [7, 11) is 0. The number of allylic oxidation sites excluding steroid dienone is 1. The summed E-state index contributed by atoms with van der Waals surface area (Å²) >= 11 is 0.0777. The van der Waals surface area contributed by atoms with Crippen molar-refractivity contribution in [2.45, 2.75) is 6.18 Å². The molecule has 0 rings (SSSR count). The van der Waals surface area contributed by atoms with Crippen LogP contribution in [0, 0.1) is 0 Å². The van der Waals surface area contributed by atoms with Gasteiger partial charge in [-0.25, -0.2) is 0 Å². The molecule has 0 N–H and O–H groups in total. The van der Waals surface area contributed by atoms with Crippen LogP contribution < -0.4 is 0 Å². The van der Waals surface area contributed by atoms with Crippen molar-refractivity contribution in [2.75, 3.05) is 6.26 Å². The summed E-state index contributed by atoms with van der Waals surface area (Å²) in [5.41, 5.74) is 0. The van der Waals surface area contributed by atoms with Crippen LogP contribution in [0.4, 0.5) is 22.0 Å². The molecule has 0 nitrogen and oxygen atoms in total. The zero-order valence-corrected chi connectivity index (χ0v) is 5.61. The van der Waals surface area contributed by atoms with E-state index in [4.69, 9.17) is 0 Å². The van der Waals surface area contributed by atoms with Crippen LogP contribution in [0.5, 0.6) is 0 Å². The molecule has 0 heterocycles. The van der Waals surface area contributed by atoms with Gasteiger partial charge in [0.15, 0.2) is 5.16 Å². The fourth-order valence-corrected chi connectivity index (χ4v) is 0.496. The maximum Gasteiger partial charge on any atom is 0.446 e. The maximum atomic E-state index is 11.8. The summed E-state index contributed by atoms with van der Waals surface area (Å²) in [4.78, 5) is 0. The molecule has 0 aromatic carbocycles. The molecule has 0 aliphatic rings. The number of hydrogen-bond donors (Lipinski definition) is 0. The topological polar surface area (TPSA) is 0 Å². The van der Waals surface area contributed by atoms with E-state index in [9.17, 15) is 22.0 Å². The first-order valence-electron chi connectivity index (χ1n) is 2.06. The Morgan fingerprint density at radius 3 is 1.70 bits per heavy atom. The normalized spacial score (nSPS) is 15.0. The van der Waals surface area contributed by atoms with Crippen molar-refractivity contribution in [3.63, 3.8) is 0 Å². The van der Waals surface area contributed by atoms with Crippen LogP contribution in [0.15, 0.2) is 11.0 Å². The van der Waals surface area contributed by atoms with Crippen molar-refractivity contribution in [1.29, 1.82) is 0 Å². The average molecular weight is 178 g/mol. The smallest absolute Gasteiger partial charge is 0.198 e. The number of thioether (sulfide) groups is 1. The van der Waals surface area contributed by atoms with Crippen LogP contribution in [0.2, 0.25) is 0 Å². The third-order valence-electron chi connectivity index (χ3n) is 0.601. The molecule has 0 aromatic rings. The van der Waals surface area contributed by atoms with E-state index in [0.29, 0.717) is 0 Å². The van der Waals surface area contributed by atoms with Gasteiger partial charge in [0, 0.05) is 0 Å². The monoisotopic (exact) mass is 178 g/mol. The molecule has 10 heavy (non-hydrogen) atoms. The number of rotatable bonds is 1. The summed E-state index contributed by atoms with van der Waals surface area (Å²) in [5, 5.41) is -1.84. The molecule has 0 saturated carbocycles. The fraction of sp³-hybridized carbons (Fsp3) is 0.500. The van der Waals surface area contributed by atoms with Crippen LogP contribution in [-0.2, 0) is 0 Å². The molecule has 0 saturated heterocycles. The molecule has 0 aliphatic carbocycles. The molecule has 0 aromatic heterocycles. The lowest BCUT2D eigenvalue weighted by Gasteiger charge is -2.01. The number of hydrogen-bond acceptors (Lipinski definition) is 1. The molecule has 0 spiro atoms. The predicted octanol–water partition coefficient (Wildman–Crippen LogP) is 3.02. The first-order chi connectivity index (χ1) is 4.39. The van der Waals surface area contributed by atoms with Crippen LogP contribution in [0.1, 0.15) is 0 Å². The van der Waals surface area contributed by atoms with Gasteiger partial charge in [-0.15, -0.1) is 0 Å². The molecule has 0 radical (unpaired) electrons. The Labute approximate surface area is 58.1 Å². The zero-order valence-electron chi connectivity index (χ0n) is 4.80. The van der Waals surface area contributed by atoms with Gasteiger partial charge in [-0.1, -0.05) is 11.8 Å². The Kier molecular flexibility index (Phi) is 3.14. The van der Waals surface area contributed by atoms with Crippen LogP contribution in [0.3, 0.4) is 0 Å². The van der Waals surface area contributed by atoms with E-state index in [1.54, 1.807) is 0 Å². The highest BCUT2D eigenvalue weighted by atomic mass is 32.2. The lowest BCUT2D eigenvalue weighted by atomic mass is 10.6. The van der Waals surface area contributed by atoms with E-state index in [1.807, 2.05) is 0 Å². The van der Waals surface area contributed by atoms with Gasteiger partial charge in [0.2, 0.25) is 5.83 Å². The predicted molar refractivity (Wildman–Crippen MR) is 28.8 cm³/mol. The Bertz CT molecular complexity index is 146. The maximum absolute atomic E-state index is 11.8. The molecule has 0 amide bonds. The molecule has 0 bridgehead atoms. The number of halogens is 5. The molecule has 0 unspecified atom stereocenters. The second-order valence-corrected chi connectivity index (χ2v) is 2.06. The Balaban J connectivity index is 4.47. The van der Waals surface area contributed by atoms with E-state index >= 15 is 0 Å². The van der Waals surface area contributed by atoms with Gasteiger partial charge in [-0.3, -0.25) is 0 Å². The van der Waals surface area contributed by atoms with Gasteiger partial charge < -0.3 is 0 Å². The Hall–Kier alpha value is -0.260. The fourth-order valence-electron chi connectivity index (χ4n) is 0.201. The van der Waals surface area contributed by atoms with Gasteiger partial charge in [0.05, 0.1) is 0 Å². The third kappa shape index (κ3) is 2.55. The molecule has 6 heteroatoms. The van der Waals surface area contributed by atoms with Crippen molar-refractivity contribution in [2.24, 2.45) is 0 Å². The largest absolute Gasteiger partial charge is 0.446 e. The minimum Gasteiger partial charge on any atom is -0.198 e. The summed E-state index contributed by atoms with van der Waals surface area (Å²) in [6.07, 6.45) is -4.19. The average Bonchev–Trinajstić information content (AvgIpc) is 1.83. The molecule has 0 fully saturated rings. The van der Waals surface area contributed by atoms with E-state index in [0.717, 1.165) is 6.26 Å². The van der Waals surface area contributed by atoms with Crippen molar-refractivity contribution in [3.8, 4) is 0 Å². The lowest BCUT2D eigenvalue weighted by Crippen LogP contribution is -2.08. The highest BCUT2D eigenvalue weighted by Crippen LogP contribution is 2.33. The van der Waals surface area contributed by atoms with E-state index < -0.39 is 17.2 Å². The summed E-state index contributed by atoms with van der Waals surface area (Å²) in [6, 6.07) is 0. The molecule has 60 valence electrons. The standard InChI is InChI=1S/C4H3F5S/c1-10-3(6)2(5)4(7,8)9/h1H3/b3-2-. The Morgan fingerprint density at radius 2 is 1.60 bits per heavy atom. The highest BCUT2D eigenvalue weighted by Gasteiger charge is 2.37. The minimum atomic E-state index is -5.20. The number of alkyl halides is 3. The molecular weight excluding hydrogens is 175 g/mol. The van der Waals surface area contributed by atoms with Gasteiger partial charge in [0.25, 0.3) is 0 Å². The SMILES string of the molecule is CS/C(F)=C(\F)C(F)(F)F. The summed E-state index contributed by atoms with van der Waals surface area (Å²) in [6.45, 7) is 0. The van der Waals surface area contributed by atoms with E-state index in [-0.39, 0.29) is 11.8 Å². The van der Waals surface area contributed by atoms with Crippen molar-refractivity contribution >= 4 is 11.8 Å². The lowest BCUT2D eigenvalue weighted by molar-refractivity contribution is -0.110. The van der Waals surface area contributed by atoms with Gasteiger partial charge in [-0.05, 0) is 6.26 Å². The zero-order chi connectivity index (χ0) is 8.36. The second-order valence-electron chi connectivity index (χ2n) is 1.29. The second kappa shape index (κ2) is 3.23. The van der Waals surface area contributed by atoms with E-state index in [1.165, 1.54) is 0 Å². The van der Waals surface area contributed by atoms with E-state index in [2.05, 4.69) is 0 Å². The highest BCUT2D eigenvalue weighted by molar-refractivity contribution is 8.02. The summed E-state index contributed by atoms with van der Waals surface area (Å²) in [5.74, 6) is -2.67. The molecular formula is C4H3F5S. The van der Waals surface area contributed by atoms with Crippen LogP contribution in [0.25, 0.3) is 0 Å². The van der Waals surface area contributed by atoms with Crippen molar-refractivity contribution in [3.05, 3.63) is 11.0 Å². The van der Waals surface area contributed by atoms with Crippen molar-refractivity contribution in [1.82, 2.24) is 0 Å².